The van der Waals surface area contributed by atoms with E-state index in [1.54, 1.807) is 30.3 Å². The topological polar surface area (TPSA) is 75.7 Å². The second-order valence-electron chi connectivity index (χ2n) is 6.67. The molecular formula is C21H23ClN2O4S. The van der Waals surface area contributed by atoms with Gasteiger partial charge in [0.15, 0.2) is 0 Å². The van der Waals surface area contributed by atoms with Crippen LogP contribution >= 0.6 is 11.6 Å². The molecule has 1 saturated heterocycles. The molecule has 0 spiro atoms. The molecule has 0 aliphatic carbocycles. The number of piperidine rings is 1. The van der Waals surface area contributed by atoms with Gasteiger partial charge >= 0.3 is 0 Å². The highest BCUT2D eigenvalue weighted by molar-refractivity contribution is 7.89. The number of nitrogens with one attached hydrogen (secondary N) is 1. The lowest BCUT2D eigenvalue weighted by molar-refractivity contribution is -0.111. The molecule has 1 fully saturated rings. The Morgan fingerprint density at radius 2 is 1.86 bits per heavy atom. The molecule has 154 valence electrons. The fourth-order valence-electron chi connectivity index (χ4n) is 3.15. The van der Waals surface area contributed by atoms with Gasteiger partial charge in [0, 0.05) is 24.2 Å². The van der Waals surface area contributed by atoms with Gasteiger partial charge in [0.1, 0.15) is 5.75 Å². The summed E-state index contributed by atoms with van der Waals surface area (Å²) in [5.41, 5.74) is 0.997. The number of benzene rings is 2. The van der Waals surface area contributed by atoms with Crippen LogP contribution in [0, 0.1) is 0 Å². The summed E-state index contributed by atoms with van der Waals surface area (Å²) in [4.78, 5) is 12.5. The van der Waals surface area contributed by atoms with Crippen molar-refractivity contribution in [2.75, 3.05) is 25.5 Å². The molecule has 29 heavy (non-hydrogen) atoms. The van der Waals surface area contributed by atoms with E-state index in [1.807, 2.05) is 6.07 Å². The van der Waals surface area contributed by atoms with Gasteiger partial charge in [0.05, 0.1) is 17.7 Å². The Morgan fingerprint density at radius 3 is 2.55 bits per heavy atom. The van der Waals surface area contributed by atoms with Crippen molar-refractivity contribution < 1.29 is 17.9 Å². The third-order valence-electron chi connectivity index (χ3n) is 4.70. The molecule has 1 aliphatic rings. The number of hydrogen-bond donors (Lipinski definition) is 1. The molecule has 1 N–H and O–H groups in total. The number of anilines is 1. The van der Waals surface area contributed by atoms with Crippen molar-refractivity contribution in [3.05, 3.63) is 59.1 Å². The SMILES string of the molecule is COc1ccc(S(=O)(=O)N2CCCCC2)cc1NC(=O)/C=C/c1ccccc1Cl. The van der Waals surface area contributed by atoms with E-state index in [0.717, 1.165) is 19.3 Å². The Labute approximate surface area is 176 Å². The minimum Gasteiger partial charge on any atom is -0.495 e. The highest BCUT2D eigenvalue weighted by atomic mass is 35.5. The molecule has 8 heteroatoms. The molecule has 1 amide bonds. The molecular weight excluding hydrogens is 412 g/mol. The van der Waals surface area contributed by atoms with Crippen LogP contribution in [0.2, 0.25) is 5.02 Å². The van der Waals surface area contributed by atoms with E-state index < -0.39 is 15.9 Å². The first-order chi connectivity index (χ1) is 13.9. The van der Waals surface area contributed by atoms with Crippen molar-refractivity contribution in [1.82, 2.24) is 4.31 Å². The maximum absolute atomic E-state index is 12.9. The van der Waals surface area contributed by atoms with Gasteiger partial charge in [0.2, 0.25) is 15.9 Å². The summed E-state index contributed by atoms with van der Waals surface area (Å²) in [5.74, 6) is -0.0437. The lowest BCUT2D eigenvalue weighted by Gasteiger charge is -2.26. The van der Waals surface area contributed by atoms with Crippen LogP contribution in [-0.2, 0) is 14.8 Å². The van der Waals surface area contributed by atoms with Gasteiger partial charge in [-0.25, -0.2) is 8.42 Å². The van der Waals surface area contributed by atoms with E-state index in [-0.39, 0.29) is 4.90 Å². The number of sulfonamides is 1. The van der Waals surface area contributed by atoms with Gasteiger partial charge in [-0.15, -0.1) is 0 Å². The van der Waals surface area contributed by atoms with E-state index >= 15 is 0 Å². The van der Waals surface area contributed by atoms with Crippen molar-refractivity contribution in [3.8, 4) is 5.75 Å². The second-order valence-corrected chi connectivity index (χ2v) is 9.02. The number of hydrogen-bond acceptors (Lipinski definition) is 4. The van der Waals surface area contributed by atoms with Crippen LogP contribution in [-0.4, -0.2) is 38.8 Å². The standard InChI is InChI=1S/C21H23ClN2O4S/c1-28-20-11-10-17(29(26,27)24-13-5-2-6-14-24)15-19(20)23-21(25)12-9-16-7-3-4-8-18(16)22/h3-4,7-12,15H,2,5-6,13-14H2,1H3,(H,23,25)/b12-9+. The number of halogens is 1. The molecule has 2 aromatic rings. The first kappa shape index (κ1) is 21.4. The first-order valence-electron chi connectivity index (χ1n) is 9.33. The van der Waals surface area contributed by atoms with Crippen LogP contribution in [0.4, 0.5) is 5.69 Å². The van der Waals surface area contributed by atoms with Crippen LogP contribution in [0.1, 0.15) is 24.8 Å². The van der Waals surface area contributed by atoms with Gasteiger partial charge in [0.25, 0.3) is 0 Å². The van der Waals surface area contributed by atoms with Crippen molar-refractivity contribution in [1.29, 1.82) is 0 Å². The average molecular weight is 435 g/mol. The number of rotatable bonds is 6. The first-order valence-corrected chi connectivity index (χ1v) is 11.2. The third kappa shape index (κ3) is 5.18. The van der Waals surface area contributed by atoms with Gasteiger partial charge in [-0.05, 0) is 48.7 Å². The number of amides is 1. The highest BCUT2D eigenvalue weighted by Gasteiger charge is 2.26. The quantitative estimate of drug-likeness (QED) is 0.692. The highest BCUT2D eigenvalue weighted by Crippen LogP contribution is 2.30. The van der Waals surface area contributed by atoms with Crippen LogP contribution < -0.4 is 10.1 Å². The molecule has 0 atom stereocenters. The van der Waals surface area contributed by atoms with Crippen molar-refractivity contribution in [2.45, 2.75) is 24.2 Å². The summed E-state index contributed by atoms with van der Waals surface area (Å²) in [6, 6.07) is 11.6. The Balaban J connectivity index is 1.82. The molecule has 3 rings (SSSR count). The summed E-state index contributed by atoms with van der Waals surface area (Å²) in [6.45, 7) is 1.02. The molecule has 6 nitrogen and oxygen atoms in total. The van der Waals surface area contributed by atoms with Gasteiger partial charge in [-0.3, -0.25) is 4.79 Å². The van der Waals surface area contributed by atoms with E-state index in [2.05, 4.69) is 5.32 Å². The summed E-state index contributed by atoms with van der Waals surface area (Å²) >= 11 is 6.09. The minimum atomic E-state index is -3.62. The van der Waals surface area contributed by atoms with E-state index in [9.17, 15) is 13.2 Å². The number of methoxy groups -OCH3 is 1. The Bertz CT molecular complexity index is 1020. The van der Waals surface area contributed by atoms with Gasteiger partial charge in [-0.2, -0.15) is 4.31 Å². The monoisotopic (exact) mass is 434 g/mol. The Kier molecular flexibility index (Phi) is 6.95. The number of nitrogens with zero attached hydrogens (tertiary/aromatic N) is 1. The molecule has 2 aromatic carbocycles. The average Bonchev–Trinajstić information content (AvgIpc) is 2.73. The van der Waals surface area contributed by atoms with Crippen LogP contribution in [0.5, 0.6) is 5.75 Å². The lowest BCUT2D eigenvalue weighted by atomic mass is 10.2. The molecule has 1 aliphatic heterocycles. The number of ether oxygens (including phenoxy) is 1. The van der Waals surface area contributed by atoms with E-state index in [0.29, 0.717) is 35.1 Å². The summed E-state index contributed by atoms with van der Waals surface area (Å²) in [5, 5.41) is 3.22. The van der Waals surface area contributed by atoms with E-state index in [4.69, 9.17) is 16.3 Å². The Hall–Kier alpha value is -2.35. The second kappa shape index (κ2) is 9.43. The zero-order chi connectivity index (χ0) is 20.9. The molecule has 0 unspecified atom stereocenters. The van der Waals surface area contributed by atoms with Crippen molar-refractivity contribution in [2.24, 2.45) is 0 Å². The molecule has 0 aromatic heterocycles. The maximum atomic E-state index is 12.9. The molecule has 0 radical (unpaired) electrons. The number of carbonyl (C=O) groups is 1. The van der Waals surface area contributed by atoms with Gasteiger partial charge < -0.3 is 10.1 Å². The summed E-state index contributed by atoms with van der Waals surface area (Å²) < 4.78 is 32.6. The predicted octanol–water partition coefficient (Wildman–Crippen LogP) is 4.18. The molecule has 0 bridgehead atoms. The fraction of sp³-hybridized carbons (Fsp3) is 0.286. The zero-order valence-electron chi connectivity index (χ0n) is 16.1. The zero-order valence-corrected chi connectivity index (χ0v) is 17.7. The smallest absolute Gasteiger partial charge is 0.248 e. The van der Waals surface area contributed by atoms with Crippen LogP contribution in [0.25, 0.3) is 6.08 Å². The predicted molar refractivity (Wildman–Crippen MR) is 115 cm³/mol. The fourth-order valence-corrected chi connectivity index (χ4v) is 4.89. The summed E-state index contributed by atoms with van der Waals surface area (Å²) in [6.07, 6.45) is 5.68. The lowest BCUT2D eigenvalue weighted by Crippen LogP contribution is -2.35. The van der Waals surface area contributed by atoms with E-state index in [1.165, 1.54) is 29.6 Å². The van der Waals surface area contributed by atoms with Crippen LogP contribution in [0.15, 0.2) is 53.4 Å². The molecule has 0 saturated carbocycles. The van der Waals surface area contributed by atoms with Crippen molar-refractivity contribution >= 4 is 39.3 Å². The Morgan fingerprint density at radius 1 is 1.14 bits per heavy atom. The third-order valence-corrected chi connectivity index (χ3v) is 6.94. The van der Waals surface area contributed by atoms with Crippen molar-refractivity contribution in [3.63, 3.8) is 0 Å². The molecule has 1 heterocycles. The van der Waals surface area contributed by atoms with Crippen LogP contribution in [0.3, 0.4) is 0 Å². The maximum Gasteiger partial charge on any atom is 0.248 e. The largest absolute Gasteiger partial charge is 0.495 e. The minimum absolute atomic E-state index is 0.130. The normalized spacial score (nSPS) is 15.4. The summed E-state index contributed by atoms with van der Waals surface area (Å²) in [7, 11) is -2.15. The van der Waals surface area contributed by atoms with Gasteiger partial charge in [-0.1, -0.05) is 36.2 Å². The number of carbonyl (C=O) groups excluding carboxylic acids is 1.